The molecule has 6 nitrogen and oxygen atoms in total. The number of hydrogen-bond donors (Lipinski definition) is 1. The highest BCUT2D eigenvalue weighted by Gasteiger charge is 2.33. The number of amides is 1. The Morgan fingerprint density at radius 3 is 2.46 bits per heavy atom. The molecule has 2 aliphatic rings. The average Bonchev–Trinajstić information content (AvgIpc) is 3.59. The number of hydrogen-bond acceptors (Lipinski definition) is 5. The van der Waals surface area contributed by atoms with Crippen molar-refractivity contribution in [3.05, 3.63) is 71.3 Å². The fraction of sp³-hybridized carbons (Fsp3) is 0.515. The number of benzene rings is 2. The molecule has 1 aliphatic carbocycles. The standard InChI is InChI=1S/C33H44N2O4/c1-22(2)17-30(33(37)39-27-13-9-10-14-27)34-26-15-16-35(20-26)32(36)29-19-28(23(3)4)31(18-24(29)5)38-21-25-11-7-6-8-12-25/h6-8,11-12,18-19,22,26-27,30,34H,3,9-10,13-17,20-21H2,1-2,4-5H3/t26?,30-/m0/s1. The fourth-order valence-electron chi connectivity index (χ4n) is 5.59. The van der Waals surface area contributed by atoms with E-state index in [1.807, 2.05) is 61.2 Å². The van der Waals surface area contributed by atoms with Crippen molar-refractivity contribution >= 4 is 17.4 Å². The van der Waals surface area contributed by atoms with Crippen molar-refractivity contribution in [2.45, 2.75) is 91.0 Å². The molecule has 0 bridgehead atoms. The van der Waals surface area contributed by atoms with E-state index in [-0.39, 0.29) is 30.1 Å². The highest BCUT2D eigenvalue weighted by Crippen LogP contribution is 2.31. The maximum atomic E-state index is 13.6. The predicted molar refractivity (Wildman–Crippen MR) is 156 cm³/mol. The molecule has 1 aliphatic heterocycles. The zero-order valence-corrected chi connectivity index (χ0v) is 24.0. The Balaban J connectivity index is 1.41. The van der Waals surface area contributed by atoms with Crippen LogP contribution in [-0.4, -0.2) is 48.1 Å². The van der Waals surface area contributed by atoms with Crippen molar-refractivity contribution in [1.29, 1.82) is 0 Å². The second-order valence-corrected chi connectivity index (χ2v) is 11.6. The maximum Gasteiger partial charge on any atom is 0.323 e. The molecule has 2 fully saturated rings. The first-order chi connectivity index (χ1) is 18.7. The zero-order valence-electron chi connectivity index (χ0n) is 24.0. The van der Waals surface area contributed by atoms with Gasteiger partial charge in [-0.05, 0) is 87.1 Å². The number of esters is 1. The lowest BCUT2D eigenvalue weighted by Crippen LogP contribution is -2.47. The molecule has 2 aromatic carbocycles. The van der Waals surface area contributed by atoms with E-state index in [1.165, 1.54) is 0 Å². The number of allylic oxidation sites excluding steroid dienone is 1. The lowest BCUT2D eigenvalue weighted by atomic mass is 9.99. The Morgan fingerprint density at radius 2 is 1.79 bits per heavy atom. The third-order valence-corrected chi connectivity index (χ3v) is 7.74. The van der Waals surface area contributed by atoms with Crippen LogP contribution in [0.4, 0.5) is 0 Å². The van der Waals surface area contributed by atoms with Gasteiger partial charge in [0.1, 0.15) is 24.5 Å². The van der Waals surface area contributed by atoms with Crippen molar-refractivity contribution in [1.82, 2.24) is 10.2 Å². The first-order valence-corrected chi connectivity index (χ1v) is 14.4. The van der Waals surface area contributed by atoms with Crippen LogP contribution in [0.25, 0.3) is 5.57 Å². The minimum absolute atomic E-state index is 0.00264. The Bertz CT molecular complexity index is 1150. The summed E-state index contributed by atoms with van der Waals surface area (Å²) in [6.07, 6.45) is 5.78. The lowest BCUT2D eigenvalue weighted by molar-refractivity contribution is -0.152. The van der Waals surface area contributed by atoms with Crippen molar-refractivity contribution in [3.63, 3.8) is 0 Å². The molecule has 2 atom stereocenters. The van der Waals surface area contributed by atoms with E-state index in [4.69, 9.17) is 9.47 Å². The van der Waals surface area contributed by atoms with Crippen LogP contribution >= 0.6 is 0 Å². The summed E-state index contributed by atoms with van der Waals surface area (Å²) >= 11 is 0. The molecular formula is C33H44N2O4. The Morgan fingerprint density at radius 1 is 1.08 bits per heavy atom. The third-order valence-electron chi connectivity index (χ3n) is 7.74. The first kappa shape index (κ1) is 28.9. The Hall–Kier alpha value is -3.12. The molecule has 6 heteroatoms. The summed E-state index contributed by atoms with van der Waals surface area (Å²) in [6.45, 7) is 13.9. The van der Waals surface area contributed by atoms with Gasteiger partial charge in [-0.2, -0.15) is 0 Å². The molecule has 1 saturated carbocycles. The van der Waals surface area contributed by atoms with Gasteiger partial charge in [0.25, 0.3) is 5.91 Å². The van der Waals surface area contributed by atoms with Crippen LogP contribution in [0.1, 0.15) is 86.3 Å². The van der Waals surface area contributed by atoms with Gasteiger partial charge < -0.3 is 14.4 Å². The Kier molecular flexibility index (Phi) is 9.84. The summed E-state index contributed by atoms with van der Waals surface area (Å²) in [5.74, 6) is 0.957. The SMILES string of the molecule is C=C(C)c1cc(C(=O)N2CCC(N[C@@H](CC(C)C)C(=O)OC3CCCC3)C2)c(C)cc1OCc1ccccc1. The van der Waals surface area contributed by atoms with Gasteiger partial charge >= 0.3 is 5.97 Å². The van der Waals surface area contributed by atoms with Gasteiger partial charge in [0, 0.05) is 30.3 Å². The van der Waals surface area contributed by atoms with Crippen LogP contribution in [0.5, 0.6) is 5.75 Å². The van der Waals surface area contributed by atoms with Crippen LogP contribution in [0.3, 0.4) is 0 Å². The van der Waals surface area contributed by atoms with Gasteiger partial charge in [-0.3, -0.25) is 14.9 Å². The summed E-state index contributed by atoms with van der Waals surface area (Å²) in [4.78, 5) is 28.5. The molecule has 2 aromatic rings. The number of rotatable bonds is 11. The molecule has 0 aromatic heterocycles. The minimum Gasteiger partial charge on any atom is -0.488 e. The van der Waals surface area contributed by atoms with E-state index in [0.29, 0.717) is 31.2 Å². The minimum atomic E-state index is -0.344. The normalized spacial score (nSPS) is 18.4. The van der Waals surface area contributed by atoms with Gasteiger partial charge in [0.05, 0.1) is 0 Å². The van der Waals surface area contributed by atoms with Crippen LogP contribution in [0.15, 0.2) is 49.0 Å². The fourth-order valence-corrected chi connectivity index (χ4v) is 5.59. The van der Waals surface area contributed by atoms with Gasteiger partial charge in [-0.25, -0.2) is 0 Å². The summed E-state index contributed by atoms with van der Waals surface area (Å²) in [5, 5.41) is 3.54. The van der Waals surface area contributed by atoms with Gasteiger partial charge in [0.2, 0.25) is 0 Å². The molecule has 4 rings (SSSR count). The molecular weight excluding hydrogens is 488 g/mol. The zero-order chi connectivity index (χ0) is 27.9. The highest BCUT2D eigenvalue weighted by atomic mass is 16.5. The van der Waals surface area contributed by atoms with E-state index >= 15 is 0 Å². The number of likely N-dealkylation sites (tertiary alicyclic amines) is 1. The number of nitrogens with one attached hydrogen (secondary N) is 1. The maximum absolute atomic E-state index is 13.6. The monoisotopic (exact) mass is 532 g/mol. The number of carbonyl (C=O) groups excluding carboxylic acids is 2. The topological polar surface area (TPSA) is 67.9 Å². The van der Waals surface area contributed by atoms with Crippen LogP contribution in [-0.2, 0) is 16.1 Å². The van der Waals surface area contributed by atoms with E-state index in [0.717, 1.165) is 66.5 Å². The number of ether oxygens (including phenoxy) is 2. The van der Waals surface area contributed by atoms with E-state index in [9.17, 15) is 9.59 Å². The van der Waals surface area contributed by atoms with Crippen molar-refractivity contribution < 1.29 is 19.1 Å². The molecule has 1 unspecified atom stereocenters. The van der Waals surface area contributed by atoms with Crippen molar-refractivity contribution in [3.8, 4) is 5.75 Å². The molecule has 210 valence electrons. The number of aryl methyl sites for hydroxylation is 1. The van der Waals surface area contributed by atoms with Crippen LogP contribution < -0.4 is 10.1 Å². The second kappa shape index (κ2) is 13.3. The average molecular weight is 533 g/mol. The second-order valence-electron chi connectivity index (χ2n) is 11.6. The molecule has 1 amide bonds. The summed E-state index contributed by atoms with van der Waals surface area (Å²) in [5.41, 5.74) is 4.33. The molecule has 1 saturated heterocycles. The van der Waals surface area contributed by atoms with E-state index < -0.39 is 0 Å². The van der Waals surface area contributed by atoms with Crippen LogP contribution in [0, 0.1) is 12.8 Å². The van der Waals surface area contributed by atoms with Crippen molar-refractivity contribution in [2.75, 3.05) is 13.1 Å². The van der Waals surface area contributed by atoms with Gasteiger partial charge in [0.15, 0.2) is 0 Å². The highest BCUT2D eigenvalue weighted by molar-refractivity contribution is 5.97. The largest absolute Gasteiger partial charge is 0.488 e. The van der Waals surface area contributed by atoms with Gasteiger partial charge in [-0.15, -0.1) is 0 Å². The molecule has 39 heavy (non-hydrogen) atoms. The third kappa shape index (κ3) is 7.72. The van der Waals surface area contributed by atoms with Gasteiger partial charge in [-0.1, -0.05) is 50.8 Å². The summed E-state index contributed by atoms with van der Waals surface area (Å²) in [7, 11) is 0. The quantitative estimate of drug-likeness (QED) is 0.344. The van der Waals surface area contributed by atoms with Crippen LogP contribution in [0.2, 0.25) is 0 Å². The lowest BCUT2D eigenvalue weighted by Gasteiger charge is -2.25. The predicted octanol–water partition coefficient (Wildman–Crippen LogP) is 6.31. The smallest absolute Gasteiger partial charge is 0.323 e. The molecule has 1 N–H and O–H groups in total. The number of carbonyl (C=O) groups is 2. The Labute approximate surface area is 233 Å². The summed E-state index contributed by atoms with van der Waals surface area (Å²) < 4.78 is 12.0. The number of nitrogens with zero attached hydrogens (tertiary/aromatic N) is 1. The molecule has 0 radical (unpaired) electrons. The van der Waals surface area contributed by atoms with Crippen molar-refractivity contribution in [2.24, 2.45) is 5.92 Å². The van der Waals surface area contributed by atoms with E-state index in [1.54, 1.807) is 0 Å². The summed E-state index contributed by atoms with van der Waals surface area (Å²) in [6, 6.07) is 13.6. The molecule has 1 heterocycles. The van der Waals surface area contributed by atoms with E-state index in [2.05, 4.69) is 25.7 Å². The first-order valence-electron chi connectivity index (χ1n) is 14.4. The molecule has 0 spiro atoms.